The second kappa shape index (κ2) is 8.84. The maximum Gasteiger partial charge on any atom is 0.245 e. The Balaban J connectivity index is 1.36. The van der Waals surface area contributed by atoms with E-state index in [1.807, 2.05) is 30.3 Å². The zero-order valence-electron chi connectivity index (χ0n) is 17.7. The number of anilines is 2. The maximum absolute atomic E-state index is 14.2. The number of benzene rings is 3. The first-order chi connectivity index (χ1) is 16.0. The minimum absolute atomic E-state index is 0.165. The predicted octanol–water partition coefficient (Wildman–Crippen LogP) is 4.14. The van der Waals surface area contributed by atoms with Gasteiger partial charge in [-0.2, -0.15) is 0 Å². The molecule has 5 rings (SSSR count). The van der Waals surface area contributed by atoms with Crippen LogP contribution < -0.4 is 15.6 Å². The summed E-state index contributed by atoms with van der Waals surface area (Å²) in [5.74, 6) is -1.32. The number of halogens is 2. The third kappa shape index (κ3) is 4.42. The highest BCUT2D eigenvalue weighted by Gasteiger charge is 2.46. The van der Waals surface area contributed by atoms with Gasteiger partial charge in [0.25, 0.3) is 0 Å². The average Bonchev–Trinajstić information content (AvgIpc) is 3.10. The Bertz CT molecular complexity index is 1210. The Morgan fingerprint density at radius 2 is 1.91 bits per heavy atom. The van der Waals surface area contributed by atoms with Gasteiger partial charge < -0.3 is 10.2 Å². The van der Waals surface area contributed by atoms with Gasteiger partial charge in [0.1, 0.15) is 12.4 Å². The van der Waals surface area contributed by atoms with Crippen molar-refractivity contribution in [2.45, 2.75) is 12.6 Å². The van der Waals surface area contributed by atoms with Gasteiger partial charge in [-0.1, -0.05) is 48.0 Å². The molecule has 2 unspecified atom stereocenters. The smallest absolute Gasteiger partial charge is 0.245 e. The number of hydrogen-bond donors (Lipinski definition) is 2. The summed E-state index contributed by atoms with van der Waals surface area (Å²) in [6.45, 7) is 0.906. The first-order valence-electron chi connectivity index (χ1n) is 10.7. The van der Waals surface area contributed by atoms with Crippen LogP contribution in [0.5, 0.6) is 0 Å². The Morgan fingerprint density at radius 3 is 2.70 bits per heavy atom. The van der Waals surface area contributed by atoms with Crippen LogP contribution in [0.1, 0.15) is 17.2 Å². The highest BCUT2D eigenvalue weighted by Crippen LogP contribution is 2.42. The molecule has 2 aliphatic heterocycles. The van der Waals surface area contributed by atoms with E-state index in [9.17, 15) is 14.0 Å². The summed E-state index contributed by atoms with van der Waals surface area (Å²) in [4.78, 5) is 27.9. The molecule has 168 valence electrons. The van der Waals surface area contributed by atoms with Crippen molar-refractivity contribution in [3.8, 4) is 0 Å². The van der Waals surface area contributed by atoms with Crippen LogP contribution in [0.15, 0.2) is 72.8 Å². The topological polar surface area (TPSA) is 64.7 Å². The molecule has 2 aliphatic rings. The van der Waals surface area contributed by atoms with E-state index in [-0.39, 0.29) is 24.2 Å². The van der Waals surface area contributed by atoms with Gasteiger partial charge >= 0.3 is 0 Å². The lowest BCUT2D eigenvalue weighted by atomic mass is 9.88. The summed E-state index contributed by atoms with van der Waals surface area (Å²) in [5, 5.41) is 4.59. The molecule has 2 amide bonds. The van der Waals surface area contributed by atoms with Crippen molar-refractivity contribution in [2.75, 3.05) is 23.3 Å². The first-order valence-corrected chi connectivity index (χ1v) is 11.1. The number of rotatable bonds is 5. The van der Waals surface area contributed by atoms with Crippen LogP contribution in [0.2, 0.25) is 5.02 Å². The van der Waals surface area contributed by atoms with Crippen LogP contribution in [-0.4, -0.2) is 29.9 Å². The second-order valence-corrected chi connectivity index (χ2v) is 8.70. The lowest BCUT2D eigenvalue weighted by molar-refractivity contribution is -0.135. The van der Waals surface area contributed by atoms with Crippen molar-refractivity contribution >= 4 is 34.8 Å². The molecule has 0 bridgehead atoms. The number of fused-ring (bicyclic) bond motifs is 3. The molecule has 0 aliphatic carbocycles. The van der Waals surface area contributed by atoms with Crippen LogP contribution in [0.3, 0.4) is 0 Å². The maximum atomic E-state index is 14.2. The number of hydrazine groups is 1. The van der Waals surface area contributed by atoms with Crippen molar-refractivity contribution in [1.29, 1.82) is 0 Å². The molecule has 0 spiro atoms. The minimum Gasteiger partial charge on any atom is -0.366 e. The van der Waals surface area contributed by atoms with Gasteiger partial charge in [-0.05, 0) is 47.5 Å². The van der Waals surface area contributed by atoms with Crippen molar-refractivity contribution < 1.29 is 14.0 Å². The van der Waals surface area contributed by atoms with Gasteiger partial charge in [0.05, 0.1) is 12.0 Å². The Labute approximate surface area is 195 Å². The van der Waals surface area contributed by atoms with Crippen LogP contribution in [-0.2, 0) is 16.1 Å². The summed E-state index contributed by atoms with van der Waals surface area (Å²) in [6, 6.07) is 21.0. The Kier molecular flexibility index (Phi) is 5.74. The lowest BCUT2D eigenvalue weighted by Crippen LogP contribution is -2.41. The largest absolute Gasteiger partial charge is 0.366 e. The molecule has 0 aromatic heterocycles. The fraction of sp³-hybridized carbons (Fsp3) is 0.200. The number of nitrogens with zero attached hydrogens (tertiary/aromatic N) is 2. The standard InChI is InChI=1S/C25H22ClFN4O2/c26-17-7-4-8-19(11-17)28-23(32)15-31-25(33)21-14-30(13-16-5-2-1-3-6-16)22-10-9-18(27)12-20(22)24(21)29-31/h1-12,21,24,29H,13-15H2,(H,28,32). The van der Waals surface area contributed by atoms with Gasteiger partial charge in [-0.3, -0.25) is 14.6 Å². The van der Waals surface area contributed by atoms with Crippen LogP contribution in [0.25, 0.3) is 0 Å². The lowest BCUT2D eigenvalue weighted by Gasteiger charge is -2.36. The number of carbonyl (C=O) groups excluding carboxylic acids is 2. The third-order valence-corrected chi connectivity index (χ3v) is 6.22. The zero-order valence-corrected chi connectivity index (χ0v) is 18.4. The molecule has 8 heteroatoms. The molecule has 3 aromatic carbocycles. The van der Waals surface area contributed by atoms with E-state index >= 15 is 0 Å². The first kappa shape index (κ1) is 21.4. The highest BCUT2D eigenvalue weighted by atomic mass is 35.5. The van der Waals surface area contributed by atoms with Gasteiger partial charge in [0.15, 0.2) is 0 Å². The monoisotopic (exact) mass is 464 g/mol. The average molecular weight is 465 g/mol. The molecule has 3 aromatic rings. The normalized spacial score (nSPS) is 19.3. The number of carbonyl (C=O) groups is 2. The van der Waals surface area contributed by atoms with E-state index in [1.165, 1.54) is 17.1 Å². The van der Waals surface area contributed by atoms with Gasteiger partial charge in [0.2, 0.25) is 11.8 Å². The van der Waals surface area contributed by atoms with Gasteiger partial charge in [0, 0.05) is 29.5 Å². The molecule has 2 N–H and O–H groups in total. The van der Waals surface area contributed by atoms with Crippen molar-refractivity contribution in [2.24, 2.45) is 5.92 Å². The molecule has 0 radical (unpaired) electrons. The highest BCUT2D eigenvalue weighted by molar-refractivity contribution is 6.30. The van der Waals surface area contributed by atoms with E-state index in [4.69, 9.17) is 11.6 Å². The summed E-state index contributed by atoms with van der Waals surface area (Å²) >= 11 is 5.97. The van der Waals surface area contributed by atoms with E-state index in [2.05, 4.69) is 15.6 Å². The van der Waals surface area contributed by atoms with Crippen LogP contribution >= 0.6 is 11.6 Å². The molecule has 1 saturated heterocycles. The quantitative estimate of drug-likeness (QED) is 0.595. The summed E-state index contributed by atoms with van der Waals surface area (Å²) < 4.78 is 14.2. The van der Waals surface area contributed by atoms with E-state index in [0.29, 0.717) is 29.4 Å². The summed E-state index contributed by atoms with van der Waals surface area (Å²) in [6.07, 6.45) is 0. The van der Waals surface area contributed by atoms with Crippen LogP contribution in [0.4, 0.5) is 15.8 Å². The summed E-state index contributed by atoms with van der Waals surface area (Å²) in [7, 11) is 0. The SMILES string of the molecule is O=C(CN1NC2c3cc(F)ccc3N(Cc3ccccc3)CC2C1=O)Nc1cccc(Cl)c1. The van der Waals surface area contributed by atoms with E-state index in [0.717, 1.165) is 11.3 Å². The Hall–Kier alpha value is -3.42. The summed E-state index contributed by atoms with van der Waals surface area (Å²) in [5.41, 5.74) is 6.39. The van der Waals surface area contributed by atoms with Crippen LogP contribution in [0, 0.1) is 11.7 Å². The molecule has 0 saturated carbocycles. The van der Waals surface area contributed by atoms with Crippen molar-refractivity contribution in [3.05, 3.63) is 94.8 Å². The Morgan fingerprint density at radius 1 is 1.09 bits per heavy atom. The van der Waals surface area contributed by atoms with E-state index < -0.39 is 12.0 Å². The molecule has 6 nitrogen and oxygen atoms in total. The third-order valence-electron chi connectivity index (χ3n) is 5.99. The van der Waals surface area contributed by atoms with Gasteiger partial charge in [-0.15, -0.1) is 0 Å². The molecular weight excluding hydrogens is 443 g/mol. The van der Waals surface area contributed by atoms with Gasteiger partial charge in [-0.25, -0.2) is 9.82 Å². The molecule has 1 fully saturated rings. The van der Waals surface area contributed by atoms with Crippen molar-refractivity contribution in [3.63, 3.8) is 0 Å². The zero-order chi connectivity index (χ0) is 22.9. The fourth-order valence-electron chi connectivity index (χ4n) is 4.52. The predicted molar refractivity (Wildman–Crippen MR) is 125 cm³/mol. The second-order valence-electron chi connectivity index (χ2n) is 8.27. The fourth-order valence-corrected chi connectivity index (χ4v) is 4.71. The van der Waals surface area contributed by atoms with E-state index in [1.54, 1.807) is 30.3 Å². The number of nitrogens with one attached hydrogen (secondary N) is 2. The minimum atomic E-state index is -0.429. The molecule has 2 atom stereocenters. The number of amides is 2. The number of hydrogen-bond acceptors (Lipinski definition) is 4. The molecule has 2 heterocycles. The molecule has 33 heavy (non-hydrogen) atoms. The van der Waals surface area contributed by atoms with Crippen molar-refractivity contribution in [1.82, 2.24) is 10.4 Å². The molecular formula is C25H22ClFN4O2.